The molecule has 0 radical (unpaired) electrons. The minimum absolute atomic E-state index is 0.0983. The van der Waals surface area contributed by atoms with Crippen LogP contribution in [0.25, 0.3) is 0 Å². The number of carbonyl (C=O) groups is 1. The lowest BCUT2D eigenvalue weighted by Crippen LogP contribution is -2.39. The molecule has 0 fully saturated rings. The molecule has 0 aliphatic rings. The maximum atomic E-state index is 11.0. The van der Waals surface area contributed by atoms with Gasteiger partial charge in [-0.25, -0.2) is 4.79 Å². The molecule has 78 valence electrons. The van der Waals surface area contributed by atoms with E-state index < -0.39 is 0 Å². The Balaban J connectivity index is 3.21. The summed E-state index contributed by atoms with van der Waals surface area (Å²) in [7, 11) is 3.39. The SMILES string of the molecule is C[C@H](O)CNCCNC(=O)N(C)C. The molecule has 0 unspecified atom stereocenters. The molecule has 3 N–H and O–H groups in total. The number of nitrogens with zero attached hydrogens (tertiary/aromatic N) is 1. The molecule has 13 heavy (non-hydrogen) atoms. The van der Waals surface area contributed by atoms with Gasteiger partial charge in [0, 0.05) is 33.7 Å². The van der Waals surface area contributed by atoms with Crippen molar-refractivity contribution in [3.63, 3.8) is 0 Å². The van der Waals surface area contributed by atoms with Crippen LogP contribution in [0.15, 0.2) is 0 Å². The van der Waals surface area contributed by atoms with Crippen molar-refractivity contribution in [2.45, 2.75) is 13.0 Å². The van der Waals surface area contributed by atoms with Gasteiger partial charge in [0.1, 0.15) is 0 Å². The Labute approximate surface area is 79.1 Å². The Morgan fingerprint density at radius 1 is 1.46 bits per heavy atom. The third-order valence-corrected chi connectivity index (χ3v) is 1.42. The first-order valence-electron chi connectivity index (χ1n) is 4.38. The summed E-state index contributed by atoms with van der Waals surface area (Å²) >= 11 is 0. The normalized spacial score (nSPS) is 12.3. The van der Waals surface area contributed by atoms with Gasteiger partial charge in [-0.3, -0.25) is 0 Å². The maximum absolute atomic E-state index is 11.0. The maximum Gasteiger partial charge on any atom is 0.316 e. The molecule has 0 saturated heterocycles. The molecule has 0 spiro atoms. The number of amides is 2. The molecule has 0 aliphatic carbocycles. The predicted octanol–water partition coefficient (Wildman–Crippen LogP) is -0.772. The molecular weight excluding hydrogens is 170 g/mol. The van der Waals surface area contributed by atoms with Crippen LogP contribution in [-0.4, -0.2) is 55.9 Å². The first-order valence-corrected chi connectivity index (χ1v) is 4.38. The standard InChI is InChI=1S/C8H19N3O2/c1-7(12)6-9-4-5-10-8(13)11(2)3/h7,9,12H,4-6H2,1-3H3,(H,10,13)/t7-/m0/s1. The number of hydrogen-bond acceptors (Lipinski definition) is 3. The van der Waals surface area contributed by atoms with Crippen molar-refractivity contribution in [1.29, 1.82) is 0 Å². The molecule has 5 heteroatoms. The molecule has 2 amide bonds. The van der Waals surface area contributed by atoms with Crippen LogP contribution >= 0.6 is 0 Å². The van der Waals surface area contributed by atoms with Gasteiger partial charge in [-0.15, -0.1) is 0 Å². The highest BCUT2D eigenvalue weighted by Gasteiger charge is 2.00. The van der Waals surface area contributed by atoms with Gasteiger partial charge >= 0.3 is 6.03 Å². The van der Waals surface area contributed by atoms with E-state index in [1.807, 2.05) is 0 Å². The second-order valence-corrected chi connectivity index (χ2v) is 3.18. The van der Waals surface area contributed by atoms with Gasteiger partial charge < -0.3 is 20.6 Å². The van der Waals surface area contributed by atoms with Crippen molar-refractivity contribution in [3.8, 4) is 0 Å². The average Bonchev–Trinajstić information content (AvgIpc) is 2.02. The van der Waals surface area contributed by atoms with E-state index in [0.717, 1.165) is 0 Å². The number of urea groups is 1. The number of carbonyl (C=O) groups excluding carboxylic acids is 1. The van der Waals surface area contributed by atoms with Gasteiger partial charge in [-0.1, -0.05) is 0 Å². The summed E-state index contributed by atoms with van der Waals surface area (Å²) < 4.78 is 0. The summed E-state index contributed by atoms with van der Waals surface area (Å²) in [6.07, 6.45) is -0.343. The largest absolute Gasteiger partial charge is 0.392 e. The summed E-state index contributed by atoms with van der Waals surface area (Å²) in [6.45, 7) is 3.51. The summed E-state index contributed by atoms with van der Waals surface area (Å²) in [5.74, 6) is 0. The van der Waals surface area contributed by atoms with Crippen molar-refractivity contribution in [3.05, 3.63) is 0 Å². The summed E-state index contributed by atoms with van der Waals surface area (Å²) in [5, 5.41) is 14.6. The van der Waals surface area contributed by atoms with Gasteiger partial charge in [-0.05, 0) is 6.92 Å². The number of hydrogen-bond donors (Lipinski definition) is 3. The van der Waals surface area contributed by atoms with Crippen LogP contribution < -0.4 is 10.6 Å². The molecule has 0 rings (SSSR count). The number of rotatable bonds is 5. The van der Waals surface area contributed by atoms with E-state index in [-0.39, 0.29) is 12.1 Å². The molecule has 0 aromatic heterocycles. The van der Waals surface area contributed by atoms with Crippen LogP contribution in [0, 0.1) is 0 Å². The fourth-order valence-electron chi connectivity index (χ4n) is 0.727. The van der Waals surface area contributed by atoms with E-state index in [9.17, 15) is 4.79 Å². The van der Waals surface area contributed by atoms with Crippen LogP contribution in [0.4, 0.5) is 4.79 Å². The van der Waals surface area contributed by atoms with Crippen LogP contribution in [0.3, 0.4) is 0 Å². The average molecular weight is 189 g/mol. The molecule has 1 atom stereocenters. The van der Waals surface area contributed by atoms with Crippen LogP contribution in [0.5, 0.6) is 0 Å². The molecule has 5 nitrogen and oxygen atoms in total. The van der Waals surface area contributed by atoms with Crippen molar-refractivity contribution in [2.24, 2.45) is 0 Å². The summed E-state index contributed by atoms with van der Waals surface area (Å²) in [5.41, 5.74) is 0. The molecule has 0 aromatic carbocycles. The third kappa shape index (κ3) is 7.55. The Hall–Kier alpha value is -0.810. The lowest BCUT2D eigenvalue weighted by molar-refractivity contribution is 0.191. The van der Waals surface area contributed by atoms with Crippen LogP contribution in [-0.2, 0) is 0 Å². The van der Waals surface area contributed by atoms with Gasteiger partial charge in [0.15, 0.2) is 0 Å². The zero-order chi connectivity index (χ0) is 10.3. The first-order chi connectivity index (χ1) is 6.04. The minimum Gasteiger partial charge on any atom is -0.392 e. The Morgan fingerprint density at radius 3 is 2.54 bits per heavy atom. The van der Waals surface area contributed by atoms with E-state index in [1.165, 1.54) is 4.90 Å². The molecule has 0 saturated carbocycles. The highest BCUT2D eigenvalue weighted by Crippen LogP contribution is 1.76. The molecule has 0 bridgehead atoms. The third-order valence-electron chi connectivity index (χ3n) is 1.42. The highest BCUT2D eigenvalue weighted by molar-refractivity contribution is 5.73. The van der Waals surface area contributed by atoms with Gasteiger partial charge in [0.25, 0.3) is 0 Å². The number of nitrogens with one attached hydrogen (secondary N) is 2. The topological polar surface area (TPSA) is 64.6 Å². The minimum atomic E-state index is -0.343. The number of aliphatic hydroxyl groups is 1. The smallest absolute Gasteiger partial charge is 0.316 e. The van der Waals surface area contributed by atoms with E-state index in [2.05, 4.69) is 10.6 Å². The monoisotopic (exact) mass is 189 g/mol. The summed E-state index contributed by atoms with van der Waals surface area (Å²) in [6, 6.07) is -0.0983. The molecular formula is C8H19N3O2. The van der Waals surface area contributed by atoms with Crippen molar-refractivity contribution in [1.82, 2.24) is 15.5 Å². The summed E-state index contributed by atoms with van der Waals surface area (Å²) in [4.78, 5) is 12.5. The van der Waals surface area contributed by atoms with Gasteiger partial charge in [0.2, 0.25) is 0 Å². The molecule has 0 aliphatic heterocycles. The van der Waals surface area contributed by atoms with Crippen molar-refractivity contribution >= 4 is 6.03 Å². The fraction of sp³-hybridized carbons (Fsp3) is 0.875. The Morgan fingerprint density at radius 2 is 2.08 bits per heavy atom. The van der Waals surface area contributed by atoms with Gasteiger partial charge in [-0.2, -0.15) is 0 Å². The van der Waals surface area contributed by atoms with Crippen LogP contribution in [0.2, 0.25) is 0 Å². The van der Waals surface area contributed by atoms with Gasteiger partial charge in [0.05, 0.1) is 6.10 Å². The lowest BCUT2D eigenvalue weighted by Gasteiger charge is -2.12. The Kier molecular flexibility index (Phi) is 6.26. The lowest BCUT2D eigenvalue weighted by atomic mass is 10.4. The fourth-order valence-corrected chi connectivity index (χ4v) is 0.727. The zero-order valence-corrected chi connectivity index (χ0v) is 8.50. The van der Waals surface area contributed by atoms with E-state index in [1.54, 1.807) is 21.0 Å². The van der Waals surface area contributed by atoms with E-state index in [4.69, 9.17) is 5.11 Å². The quantitative estimate of drug-likeness (QED) is 0.497. The van der Waals surface area contributed by atoms with Crippen molar-refractivity contribution < 1.29 is 9.90 Å². The second-order valence-electron chi connectivity index (χ2n) is 3.18. The predicted molar refractivity (Wildman–Crippen MR) is 51.6 cm³/mol. The molecule has 0 heterocycles. The zero-order valence-electron chi connectivity index (χ0n) is 8.50. The second kappa shape index (κ2) is 6.68. The number of aliphatic hydroxyl groups excluding tert-OH is 1. The Bertz CT molecular complexity index is 148. The first kappa shape index (κ1) is 12.2. The van der Waals surface area contributed by atoms with E-state index in [0.29, 0.717) is 19.6 Å². The van der Waals surface area contributed by atoms with Crippen molar-refractivity contribution in [2.75, 3.05) is 33.7 Å². The van der Waals surface area contributed by atoms with Crippen LogP contribution in [0.1, 0.15) is 6.92 Å². The highest BCUT2D eigenvalue weighted by atomic mass is 16.3. The van der Waals surface area contributed by atoms with E-state index >= 15 is 0 Å². The molecule has 0 aromatic rings.